The zero-order valence-electron chi connectivity index (χ0n) is 7.58. The molecule has 2 rings (SSSR count). The van der Waals surface area contributed by atoms with E-state index in [1.54, 1.807) is 6.26 Å². The topological polar surface area (TPSA) is 39.2 Å². The molecule has 0 radical (unpaired) electrons. The maximum atomic E-state index is 5.68. The molecule has 1 aliphatic rings. The minimum atomic E-state index is 0.374. The lowest BCUT2D eigenvalue weighted by Gasteiger charge is -1.98. The Hall–Kier alpha value is -0.760. The second-order valence-corrected chi connectivity index (χ2v) is 4.20. The first-order valence-corrected chi connectivity index (χ1v) is 4.40. The van der Waals surface area contributed by atoms with Crippen molar-refractivity contribution >= 4 is 0 Å². The van der Waals surface area contributed by atoms with E-state index in [4.69, 9.17) is 10.2 Å². The number of rotatable bonds is 2. The van der Waals surface area contributed by atoms with E-state index in [-0.39, 0.29) is 0 Å². The van der Waals surface area contributed by atoms with Crippen LogP contribution in [0.2, 0.25) is 0 Å². The maximum Gasteiger partial charge on any atom is 0.0937 e. The van der Waals surface area contributed by atoms with Crippen LogP contribution in [0.3, 0.4) is 0 Å². The molecule has 0 aromatic carbocycles. The normalized spacial score (nSPS) is 31.9. The van der Waals surface area contributed by atoms with Crippen molar-refractivity contribution in [1.29, 1.82) is 0 Å². The lowest BCUT2D eigenvalue weighted by Crippen LogP contribution is -2.05. The molecule has 0 aliphatic heterocycles. The fourth-order valence-corrected chi connectivity index (χ4v) is 2.30. The summed E-state index contributed by atoms with van der Waals surface area (Å²) < 4.78 is 5.06. The highest BCUT2D eigenvalue weighted by molar-refractivity contribution is 5.28. The van der Waals surface area contributed by atoms with Gasteiger partial charge in [-0.05, 0) is 35.4 Å². The van der Waals surface area contributed by atoms with Crippen LogP contribution >= 0.6 is 0 Å². The van der Waals surface area contributed by atoms with Crippen LogP contribution in [-0.4, -0.2) is 6.54 Å². The second-order valence-electron chi connectivity index (χ2n) is 4.20. The quantitative estimate of drug-likeness (QED) is 0.727. The lowest BCUT2D eigenvalue weighted by molar-refractivity contribution is 0.550. The van der Waals surface area contributed by atoms with Crippen molar-refractivity contribution in [1.82, 2.24) is 0 Å². The van der Waals surface area contributed by atoms with Gasteiger partial charge >= 0.3 is 0 Å². The molecule has 1 aliphatic carbocycles. The number of furan rings is 1. The van der Waals surface area contributed by atoms with Crippen molar-refractivity contribution in [2.45, 2.75) is 19.8 Å². The Bertz CT molecular complexity index is 263. The van der Waals surface area contributed by atoms with Gasteiger partial charge in [0.25, 0.3) is 0 Å². The average molecular weight is 165 g/mol. The van der Waals surface area contributed by atoms with Gasteiger partial charge in [0, 0.05) is 0 Å². The third-order valence-corrected chi connectivity index (χ3v) is 3.21. The number of hydrogen-bond acceptors (Lipinski definition) is 2. The summed E-state index contributed by atoms with van der Waals surface area (Å²) in [6, 6.07) is 2.04. The molecule has 12 heavy (non-hydrogen) atoms. The van der Waals surface area contributed by atoms with Gasteiger partial charge in [-0.25, -0.2) is 0 Å². The summed E-state index contributed by atoms with van der Waals surface area (Å²) >= 11 is 0. The summed E-state index contributed by atoms with van der Waals surface area (Å²) in [7, 11) is 0. The summed E-state index contributed by atoms with van der Waals surface area (Å²) in [5.41, 5.74) is 7.35. The van der Waals surface area contributed by atoms with Crippen LogP contribution in [0.5, 0.6) is 0 Å². The molecule has 0 spiro atoms. The number of hydrogen-bond donors (Lipinski definition) is 1. The lowest BCUT2D eigenvalue weighted by atomic mass is 10.1. The molecule has 2 N–H and O–H groups in total. The van der Waals surface area contributed by atoms with Gasteiger partial charge in [0.05, 0.1) is 12.5 Å². The van der Waals surface area contributed by atoms with Crippen LogP contribution in [0.1, 0.15) is 25.3 Å². The molecule has 1 aromatic heterocycles. The monoisotopic (exact) mass is 165 g/mol. The molecule has 2 atom stereocenters. The van der Waals surface area contributed by atoms with Gasteiger partial charge in [0.1, 0.15) is 0 Å². The Morgan fingerprint density at radius 2 is 2.33 bits per heavy atom. The molecule has 2 heteroatoms. The summed E-state index contributed by atoms with van der Waals surface area (Å²) in [6.07, 6.45) is 3.57. The standard InChI is InChI=1S/C10H15NO/c1-10(2)8(5-11)9(10)7-3-4-12-6-7/h3-4,6,8-9H,5,11H2,1-2H3/t8-,9-/m0/s1. The van der Waals surface area contributed by atoms with Crippen molar-refractivity contribution in [3.05, 3.63) is 24.2 Å². The van der Waals surface area contributed by atoms with Crippen molar-refractivity contribution < 1.29 is 4.42 Å². The molecule has 0 unspecified atom stereocenters. The second kappa shape index (κ2) is 2.36. The van der Waals surface area contributed by atoms with Crippen LogP contribution < -0.4 is 5.73 Å². The molecule has 0 amide bonds. The third kappa shape index (κ3) is 0.911. The van der Waals surface area contributed by atoms with E-state index in [2.05, 4.69) is 13.8 Å². The summed E-state index contributed by atoms with van der Waals surface area (Å²) in [5.74, 6) is 1.25. The van der Waals surface area contributed by atoms with Crippen molar-refractivity contribution in [3.63, 3.8) is 0 Å². The molecule has 1 fully saturated rings. The van der Waals surface area contributed by atoms with Crippen LogP contribution in [0, 0.1) is 11.3 Å². The zero-order chi connectivity index (χ0) is 8.77. The summed E-state index contributed by atoms with van der Waals surface area (Å²) in [6.45, 7) is 5.31. The SMILES string of the molecule is CC1(C)[C@@H](CN)[C@@H]1c1ccoc1. The predicted molar refractivity (Wildman–Crippen MR) is 47.8 cm³/mol. The number of nitrogens with two attached hydrogens (primary N) is 1. The fourth-order valence-electron chi connectivity index (χ4n) is 2.30. The first-order valence-electron chi connectivity index (χ1n) is 4.40. The minimum absolute atomic E-state index is 0.374. The highest BCUT2D eigenvalue weighted by Crippen LogP contribution is 2.63. The van der Waals surface area contributed by atoms with E-state index in [0.717, 1.165) is 6.54 Å². The minimum Gasteiger partial charge on any atom is -0.472 e. The van der Waals surface area contributed by atoms with Crippen LogP contribution in [0.25, 0.3) is 0 Å². The van der Waals surface area contributed by atoms with E-state index < -0.39 is 0 Å². The van der Waals surface area contributed by atoms with Gasteiger partial charge in [-0.2, -0.15) is 0 Å². The Balaban J connectivity index is 2.19. The smallest absolute Gasteiger partial charge is 0.0937 e. The molecule has 1 heterocycles. The summed E-state index contributed by atoms with van der Waals surface area (Å²) in [4.78, 5) is 0. The molecular weight excluding hydrogens is 150 g/mol. The Morgan fingerprint density at radius 1 is 1.58 bits per heavy atom. The first-order chi connectivity index (χ1) is 5.68. The van der Waals surface area contributed by atoms with E-state index in [1.807, 2.05) is 12.3 Å². The average Bonchev–Trinajstić information content (AvgIpc) is 2.50. The van der Waals surface area contributed by atoms with Gasteiger partial charge in [0.2, 0.25) is 0 Å². The molecule has 66 valence electrons. The van der Waals surface area contributed by atoms with Crippen molar-refractivity contribution in [3.8, 4) is 0 Å². The van der Waals surface area contributed by atoms with Gasteiger partial charge in [0.15, 0.2) is 0 Å². The van der Waals surface area contributed by atoms with E-state index >= 15 is 0 Å². The highest BCUT2D eigenvalue weighted by Gasteiger charge is 2.57. The van der Waals surface area contributed by atoms with Gasteiger partial charge < -0.3 is 10.2 Å². The van der Waals surface area contributed by atoms with E-state index in [9.17, 15) is 0 Å². The largest absolute Gasteiger partial charge is 0.472 e. The van der Waals surface area contributed by atoms with E-state index in [1.165, 1.54) is 5.56 Å². The third-order valence-electron chi connectivity index (χ3n) is 3.21. The fraction of sp³-hybridized carbons (Fsp3) is 0.600. The molecule has 0 bridgehead atoms. The molecule has 0 saturated heterocycles. The van der Waals surface area contributed by atoms with Gasteiger partial charge in [-0.1, -0.05) is 13.8 Å². The van der Waals surface area contributed by atoms with Gasteiger partial charge in [-0.3, -0.25) is 0 Å². The van der Waals surface area contributed by atoms with E-state index in [0.29, 0.717) is 17.3 Å². The Morgan fingerprint density at radius 3 is 2.75 bits per heavy atom. The van der Waals surface area contributed by atoms with Crippen LogP contribution in [-0.2, 0) is 0 Å². The predicted octanol–water partition coefficient (Wildman–Crippen LogP) is 1.98. The van der Waals surface area contributed by atoms with Crippen LogP contribution in [0.15, 0.2) is 23.0 Å². The van der Waals surface area contributed by atoms with Gasteiger partial charge in [-0.15, -0.1) is 0 Å². The van der Waals surface area contributed by atoms with Crippen molar-refractivity contribution in [2.24, 2.45) is 17.1 Å². The highest BCUT2D eigenvalue weighted by atomic mass is 16.3. The summed E-state index contributed by atoms with van der Waals surface area (Å²) in [5, 5.41) is 0. The molecular formula is C10H15NO. The molecule has 1 saturated carbocycles. The Labute approximate surface area is 72.7 Å². The van der Waals surface area contributed by atoms with Crippen molar-refractivity contribution in [2.75, 3.05) is 6.54 Å². The van der Waals surface area contributed by atoms with Crippen LogP contribution in [0.4, 0.5) is 0 Å². The first kappa shape index (κ1) is 7.87. The Kier molecular flexibility index (Phi) is 1.55. The molecule has 2 nitrogen and oxygen atoms in total. The maximum absolute atomic E-state index is 5.68. The molecule has 1 aromatic rings. The zero-order valence-corrected chi connectivity index (χ0v) is 7.58.